The molecule has 1 saturated carbocycles. The van der Waals surface area contributed by atoms with E-state index in [-0.39, 0.29) is 17.6 Å². The minimum Gasteiger partial charge on any atom is -0.465 e. The summed E-state index contributed by atoms with van der Waals surface area (Å²) in [5.41, 5.74) is 0.488. The van der Waals surface area contributed by atoms with Crippen molar-refractivity contribution in [3.05, 3.63) is 22.1 Å². The van der Waals surface area contributed by atoms with Crippen LogP contribution in [0.5, 0.6) is 0 Å². The van der Waals surface area contributed by atoms with E-state index in [1.165, 1.54) is 17.8 Å². The third kappa shape index (κ3) is 4.64. The molecule has 1 aliphatic rings. The first-order valence-corrected chi connectivity index (χ1v) is 7.70. The van der Waals surface area contributed by atoms with Crippen LogP contribution in [0.15, 0.2) is 16.0 Å². The van der Waals surface area contributed by atoms with E-state index < -0.39 is 0 Å². The molecule has 7 heteroatoms. The van der Waals surface area contributed by atoms with Crippen molar-refractivity contribution in [2.75, 3.05) is 12.4 Å². The number of aromatic amines is 1. The van der Waals surface area contributed by atoms with Crippen molar-refractivity contribution in [1.82, 2.24) is 15.3 Å². The lowest BCUT2D eigenvalue weighted by Gasteiger charge is -2.16. The molecular weight excluding hydrogens is 278 g/mol. The van der Waals surface area contributed by atoms with Crippen LogP contribution < -0.4 is 10.9 Å². The van der Waals surface area contributed by atoms with Gasteiger partial charge in [-0.3, -0.25) is 9.59 Å². The molecule has 1 fully saturated rings. The normalized spacial score (nSPS) is 15.9. The summed E-state index contributed by atoms with van der Waals surface area (Å²) in [4.78, 5) is 30.1. The molecule has 6 nitrogen and oxygen atoms in total. The number of aryl methyl sites for hydroxylation is 1. The molecule has 0 aliphatic heterocycles. The summed E-state index contributed by atoms with van der Waals surface area (Å²) in [6, 6.07) is 1.49. The van der Waals surface area contributed by atoms with E-state index in [9.17, 15) is 9.59 Å². The van der Waals surface area contributed by atoms with Crippen LogP contribution in [0.1, 0.15) is 25.5 Å². The number of carbonyl (C=O) groups is 1. The monoisotopic (exact) mass is 297 g/mol. The van der Waals surface area contributed by atoms with Crippen molar-refractivity contribution in [3.63, 3.8) is 0 Å². The first-order chi connectivity index (χ1) is 9.58. The van der Waals surface area contributed by atoms with E-state index in [1.54, 1.807) is 13.8 Å². The molecule has 1 atom stereocenters. The molecule has 110 valence electrons. The van der Waals surface area contributed by atoms with Gasteiger partial charge in [0.1, 0.15) is 6.04 Å². The average Bonchev–Trinajstić information content (AvgIpc) is 3.17. The van der Waals surface area contributed by atoms with Crippen LogP contribution in [0.3, 0.4) is 0 Å². The van der Waals surface area contributed by atoms with E-state index in [0.717, 1.165) is 12.8 Å². The van der Waals surface area contributed by atoms with E-state index in [2.05, 4.69) is 15.3 Å². The van der Waals surface area contributed by atoms with Crippen LogP contribution in [-0.4, -0.2) is 40.4 Å². The maximum atomic E-state index is 11.9. The Morgan fingerprint density at radius 2 is 2.40 bits per heavy atom. The number of nitrogens with one attached hydrogen (secondary N) is 2. The molecular formula is C13H19N3O3S. The summed E-state index contributed by atoms with van der Waals surface area (Å²) in [5.74, 6) is 0.240. The topological polar surface area (TPSA) is 84.1 Å². The third-order valence-corrected chi connectivity index (χ3v) is 3.79. The molecule has 1 aromatic rings. The number of hydrogen-bond acceptors (Lipinski definition) is 6. The number of H-pyrrole nitrogens is 1. The summed E-state index contributed by atoms with van der Waals surface area (Å²) in [6.45, 7) is 3.93. The molecule has 1 aliphatic carbocycles. The van der Waals surface area contributed by atoms with Gasteiger partial charge < -0.3 is 15.0 Å². The fraction of sp³-hybridized carbons (Fsp3) is 0.615. The van der Waals surface area contributed by atoms with Crippen molar-refractivity contribution in [2.24, 2.45) is 0 Å². The highest BCUT2D eigenvalue weighted by Gasteiger charge is 2.29. The Bertz CT molecular complexity index is 528. The molecule has 0 radical (unpaired) electrons. The smallest absolute Gasteiger partial charge is 0.324 e. The van der Waals surface area contributed by atoms with Gasteiger partial charge in [0.25, 0.3) is 5.56 Å². The van der Waals surface area contributed by atoms with E-state index in [1.807, 2.05) is 0 Å². The van der Waals surface area contributed by atoms with E-state index in [0.29, 0.717) is 29.3 Å². The second kappa shape index (κ2) is 6.90. The van der Waals surface area contributed by atoms with Crippen molar-refractivity contribution in [1.29, 1.82) is 0 Å². The zero-order chi connectivity index (χ0) is 14.5. The quantitative estimate of drug-likeness (QED) is 0.441. The number of carbonyl (C=O) groups excluding carboxylic acids is 1. The lowest BCUT2D eigenvalue weighted by atomic mass is 10.3. The summed E-state index contributed by atoms with van der Waals surface area (Å²) >= 11 is 1.35. The number of ether oxygens (including phenoxy) is 1. The van der Waals surface area contributed by atoms with Gasteiger partial charge in [-0.15, -0.1) is 0 Å². The Hall–Kier alpha value is -1.34. The predicted molar refractivity (Wildman–Crippen MR) is 76.9 cm³/mol. The lowest BCUT2D eigenvalue weighted by molar-refractivity contribution is -0.145. The van der Waals surface area contributed by atoms with Crippen LogP contribution in [0.25, 0.3) is 0 Å². The molecule has 0 spiro atoms. The first-order valence-electron chi connectivity index (χ1n) is 6.72. The number of esters is 1. The number of nitrogens with zero attached hydrogens (tertiary/aromatic N) is 1. The summed E-state index contributed by atoms with van der Waals surface area (Å²) in [5, 5.41) is 3.79. The Balaban J connectivity index is 1.96. The minimum absolute atomic E-state index is 0.178. The van der Waals surface area contributed by atoms with Crippen molar-refractivity contribution >= 4 is 17.7 Å². The fourth-order valence-corrected chi connectivity index (χ4v) is 2.68. The highest BCUT2D eigenvalue weighted by atomic mass is 32.2. The predicted octanol–water partition coefficient (Wildman–Crippen LogP) is 0.854. The standard InChI is InChI=1S/C13H19N3O3S/c1-3-19-12(18)10(15-9-4-5-9)7-20-13-14-8(2)6-11(17)16-13/h6,9-10,15H,3-5,7H2,1-2H3,(H,14,16,17). The van der Waals surface area contributed by atoms with Gasteiger partial charge in [0.05, 0.1) is 6.61 Å². The Morgan fingerprint density at radius 1 is 1.65 bits per heavy atom. The van der Waals surface area contributed by atoms with Gasteiger partial charge in [-0.05, 0) is 26.7 Å². The van der Waals surface area contributed by atoms with Crippen LogP contribution >= 0.6 is 11.8 Å². The highest BCUT2D eigenvalue weighted by molar-refractivity contribution is 7.99. The van der Waals surface area contributed by atoms with Crippen molar-refractivity contribution in [2.45, 2.75) is 43.9 Å². The van der Waals surface area contributed by atoms with E-state index >= 15 is 0 Å². The van der Waals surface area contributed by atoms with Gasteiger partial charge >= 0.3 is 5.97 Å². The second-order valence-electron chi connectivity index (χ2n) is 4.75. The zero-order valence-corrected chi connectivity index (χ0v) is 12.5. The molecule has 0 amide bonds. The number of rotatable bonds is 7. The molecule has 1 aromatic heterocycles. The molecule has 0 bridgehead atoms. The Morgan fingerprint density at radius 3 is 3.00 bits per heavy atom. The lowest BCUT2D eigenvalue weighted by Crippen LogP contribution is -2.41. The summed E-state index contributed by atoms with van der Waals surface area (Å²) in [7, 11) is 0. The molecule has 2 N–H and O–H groups in total. The summed E-state index contributed by atoms with van der Waals surface area (Å²) in [6.07, 6.45) is 2.19. The van der Waals surface area contributed by atoms with E-state index in [4.69, 9.17) is 4.74 Å². The first kappa shape index (κ1) is 15.1. The third-order valence-electron chi connectivity index (χ3n) is 2.82. The van der Waals surface area contributed by atoms with Crippen molar-refractivity contribution < 1.29 is 9.53 Å². The average molecular weight is 297 g/mol. The Labute approximate surface area is 121 Å². The molecule has 20 heavy (non-hydrogen) atoms. The van der Waals surface area contributed by atoms with Gasteiger partial charge in [0.15, 0.2) is 5.16 Å². The minimum atomic E-state index is -0.363. The number of aromatic nitrogens is 2. The maximum absolute atomic E-state index is 11.9. The van der Waals surface area contributed by atoms with Crippen LogP contribution in [-0.2, 0) is 9.53 Å². The number of hydrogen-bond donors (Lipinski definition) is 2. The van der Waals surface area contributed by atoms with Gasteiger partial charge in [-0.25, -0.2) is 4.98 Å². The second-order valence-corrected chi connectivity index (χ2v) is 5.76. The van der Waals surface area contributed by atoms with Gasteiger partial charge in [0.2, 0.25) is 0 Å². The molecule has 1 unspecified atom stereocenters. The van der Waals surface area contributed by atoms with Crippen LogP contribution in [0, 0.1) is 6.92 Å². The van der Waals surface area contributed by atoms with Gasteiger partial charge in [-0.2, -0.15) is 0 Å². The molecule has 1 heterocycles. The van der Waals surface area contributed by atoms with Crippen LogP contribution in [0.2, 0.25) is 0 Å². The highest BCUT2D eigenvalue weighted by Crippen LogP contribution is 2.21. The van der Waals surface area contributed by atoms with Gasteiger partial charge in [0, 0.05) is 23.6 Å². The molecule has 0 saturated heterocycles. The summed E-state index contributed by atoms with van der Waals surface area (Å²) < 4.78 is 5.06. The molecule has 2 rings (SSSR count). The van der Waals surface area contributed by atoms with Crippen molar-refractivity contribution in [3.8, 4) is 0 Å². The maximum Gasteiger partial charge on any atom is 0.324 e. The number of thioether (sulfide) groups is 1. The Kier molecular flexibility index (Phi) is 5.19. The SMILES string of the molecule is CCOC(=O)C(CSc1nc(C)cc(=O)[nH]1)NC1CC1. The van der Waals surface area contributed by atoms with Gasteiger partial charge in [-0.1, -0.05) is 11.8 Å². The largest absolute Gasteiger partial charge is 0.465 e. The fourth-order valence-electron chi connectivity index (χ4n) is 1.74. The zero-order valence-electron chi connectivity index (χ0n) is 11.6. The molecule has 0 aromatic carbocycles. The van der Waals surface area contributed by atoms with Crippen LogP contribution in [0.4, 0.5) is 0 Å².